The van der Waals surface area contributed by atoms with Gasteiger partial charge in [-0.15, -0.1) is 13.2 Å². The molecule has 2 amide bonds. The Morgan fingerprint density at radius 1 is 1.00 bits per heavy atom. The van der Waals surface area contributed by atoms with E-state index in [4.69, 9.17) is 0 Å². The van der Waals surface area contributed by atoms with Gasteiger partial charge in [0.25, 0.3) is 0 Å². The number of carbonyl (C=O) groups excluding carboxylic acids is 2. The Morgan fingerprint density at radius 2 is 1.56 bits per heavy atom. The first-order valence-electron chi connectivity index (χ1n) is 11.2. The fourth-order valence-corrected chi connectivity index (χ4v) is 6.37. The summed E-state index contributed by atoms with van der Waals surface area (Å²) in [5.41, 5.74) is 0.443. The highest BCUT2D eigenvalue weighted by Gasteiger charge is 2.51. The van der Waals surface area contributed by atoms with E-state index < -0.39 is 18.4 Å². The van der Waals surface area contributed by atoms with Crippen molar-refractivity contribution >= 4 is 11.8 Å². The van der Waals surface area contributed by atoms with Gasteiger partial charge in [0.2, 0.25) is 11.8 Å². The maximum absolute atomic E-state index is 12.5. The Kier molecular flexibility index (Phi) is 6.38. The molecule has 4 aliphatic rings. The fourth-order valence-electron chi connectivity index (χ4n) is 6.37. The second kappa shape index (κ2) is 8.92. The van der Waals surface area contributed by atoms with Crippen LogP contribution in [0.2, 0.25) is 0 Å². The van der Waals surface area contributed by atoms with Crippen LogP contribution in [0.1, 0.15) is 56.6 Å². The Balaban J connectivity index is 1.18. The molecule has 9 heteroatoms. The van der Waals surface area contributed by atoms with Gasteiger partial charge in [-0.25, -0.2) is 0 Å². The zero-order valence-electron chi connectivity index (χ0n) is 17.8. The third-order valence-electron chi connectivity index (χ3n) is 7.14. The number of benzene rings is 1. The first kappa shape index (κ1) is 22.9. The van der Waals surface area contributed by atoms with E-state index in [1.54, 1.807) is 0 Å². The van der Waals surface area contributed by atoms with E-state index >= 15 is 0 Å². The minimum Gasteiger partial charge on any atom is -0.406 e. The summed E-state index contributed by atoms with van der Waals surface area (Å²) in [6.07, 6.45) is 1.89. The molecule has 4 bridgehead atoms. The average molecular weight is 454 g/mol. The molecule has 0 radical (unpaired) electrons. The molecule has 0 aromatic heterocycles. The van der Waals surface area contributed by atoms with Crippen LogP contribution in [0.4, 0.5) is 13.2 Å². The van der Waals surface area contributed by atoms with Crippen molar-refractivity contribution in [2.24, 2.45) is 23.2 Å². The minimum atomic E-state index is -4.78. The highest BCUT2D eigenvalue weighted by molar-refractivity contribution is 5.85. The molecule has 0 saturated heterocycles. The number of hydrogen-bond acceptors (Lipinski definition) is 4. The van der Waals surface area contributed by atoms with E-state index in [-0.39, 0.29) is 30.2 Å². The van der Waals surface area contributed by atoms with Crippen LogP contribution in [0.15, 0.2) is 24.3 Å². The molecule has 3 N–H and O–H groups in total. The van der Waals surface area contributed by atoms with Crippen molar-refractivity contribution in [3.63, 3.8) is 0 Å². The third kappa shape index (κ3) is 5.74. The summed E-state index contributed by atoms with van der Waals surface area (Å²) in [6, 6.07) is 4.79. The first-order chi connectivity index (χ1) is 15.1. The summed E-state index contributed by atoms with van der Waals surface area (Å²) in [4.78, 5) is 24.6. The molecule has 0 heterocycles. The number of alkyl halides is 3. The van der Waals surface area contributed by atoms with Crippen molar-refractivity contribution in [1.82, 2.24) is 10.6 Å². The number of ether oxygens (including phenoxy) is 1. The number of hydrogen-bond donors (Lipinski definition) is 3. The lowest BCUT2D eigenvalue weighted by Gasteiger charge is -2.56. The van der Waals surface area contributed by atoms with E-state index in [0.717, 1.165) is 49.1 Å². The molecule has 4 saturated carbocycles. The van der Waals surface area contributed by atoms with Crippen molar-refractivity contribution in [1.29, 1.82) is 0 Å². The molecule has 0 spiro atoms. The second-order valence-electron chi connectivity index (χ2n) is 9.81. The van der Waals surface area contributed by atoms with Crippen LogP contribution in [0.5, 0.6) is 5.75 Å². The number of nitrogens with one attached hydrogen (secondary N) is 2. The van der Waals surface area contributed by atoms with Crippen molar-refractivity contribution in [2.45, 2.75) is 57.4 Å². The van der Waals surface area contributed by atoms with Crippen LogP contribution in [0, 0.1) is 23.2 Å². The zero-order valence-corrected chi connectivity index (χ0v) is 17.8. The Morgan fingerprint density at radius 3 is 2.09 bits per heavy atom. The predicted molar refractivity (Wildman–Crippen MR) is 109 cm³/mol. The maximum atomic E-state index is 12.5. The van der Waals surface area contributed by atoms with Gasteiger partial charge in [0.05, 0.1) is 12.6 Å². The van der Waals surface area contributed by atoms with Crippen LogP contribution in [0.25, 0.3) is 0 Å². The van der Waals surface area contributed by atoms with Gasteiger partial charge in [0, 0.05) is 13.0 Å². The summed E-state index contributed by atoms with van der Waals surface area (Å²) in [5, 5.41) is 15.4. The van der Waals surface area contributed by atoms with E-state index in [2.05, 4.69) is 15.4 Å². The van der Waals surface area contributed by atoms with Crippen LogP contribution < -0.4 is 15.4 Å². The number of carbonyl (C=O) groups is 2. The Hall–Kier alpha value is -2.29. The Bertz CT molecular complexity index is 805. The molecule has 1 unspecified atom stereocenters. The van der Waals surface area contributed by atoms with E-state index in [1.165, 1.54) is 31.4 Å². The normalized spacial score (nSPS) is 29.4. The van der Waals surface area contributed by atoms with Gasteiger partial charge < -0.3 is 20.5 Å². The largest absolute Gasteiger partial charge is 0.573 e. The zero-order chi connectivity index (χ0) is 22.9. The van der Waals surface area contributed by atoms with Crippen molar-refractivity contribution in [3.05, 3.63) is 29.8 Å². The average Bonchev–Trinajstić information content (AvgIpc) is 2.68. The molecular formula is C23H29F3N2O4. The van der Waals surface area contributed by atoms with Gasteiger partial charge in [-0.3, -0.25) is 9.59 Å². The molecule has 5 rings (SSSR count). The van der Waals surface area contributed by atoms with Gasteiger partial charge in [-0.2, -0.15) is 0 Å². The van der Waals surface area contributed by atoms with Crippen molar-refractivity contribution in [2.75, 3.05) is 13.1 Å². The standard InChI is InChI=1S/C23H29F3N2O4/c24-23(25,26)32-18-3-1-17(2-4-18)19(29)12-27-21(31)13-28-20(30)11-22-8-14-5-15(9-22)7-16(6-14)10-22/h1-4,14-16,19,29H,5-13H2,(H,27,31)(H,28,30). The van der Waals surface area contributed by atoms with Gasteiger partial charge in [-0.05, 0) is 79.4 Å². The van der Waals surface area contributed by atoms with Crippen LogP contribution >= 0.6 is 0 Å². The Labute approximate surface area is 184 Å². The number of aliphatic hydroxyl groups excluding tert-OH is 1. The highest BCUT2D eigenvalue weighted by atomic mass is 19.4. The molecule has 6 nitrogen and oxygen atoms in total. The topological polar surface area (TPSA) is 87.7 Å². The summed E-state index contributed by atoms with van der Waals surface area (Å²) in [5.74, 6) is 1.34. The monoisotopic (exact) mass is 454 g/mol. The smallest absolute Gasteiger partial charge is 0.406 e. The molecule has 1 atom stereocenters. The minimum absolute atomic E-state index is 0.105. The van der Waals surface area contributed by atoms with E-state index in [1.807, 2.05) is 0 Å². The molecular weight excluding hydrogens is 425 g/mol. The lowest BCUT2D eigenvalue weighted by Crippen LogP contribution is -2.48. The van der Waals surface area contributed by atoms with Crippen molar-refractivity contribution in [3.8, 4) is 5.75 Å². The second-order valence-corrected chi connectivity index (χ2v) is 9.81. The van der Waals surface area contributed by atoms with Gasteiger partial charge in [-0.1, -0.05) is 12.1 Å². The lowest BCUT2D eigenvalue weighted by molar-refractivity contribution is -0.274. The number of aliphatic hydroxyl groups is 1. The molecule has 1 aromatic rings. The van der Waals surface area contributed by atoms with Crippen LogP contribution in [-0.4, -0.2) is 36.4 Å². The number of halogens is 3. The highest BCUT2D eigenvalue weighted by Crippen LogP contribution is 2.61. The quantitative estimate of drug-likeness (QED) is 0.562. The van der Waals surface area contributed by atoms with E-state index in [9.17, 15) is 27.9 Å². The predicted octanol–water partition coefficient (Wildman–Crippen LogP) is 3.46. The van der Waals surface area contributed by atoms with E-state index in [0.29, 0.717) is 12.0 Å². The van der Waals surface area contributed by atoms with Gasteiger partial charge in [0.1, 0.15) is 5.75 Å². The first-order valence-corrected chi connectivity index (χ1v) is 11.2. The van der Waals surface area contributed by atoms with Gasteiger partial charge >= 0.3 is 6.36 Å². The molecule has 32 heavy (non-hydrogen) atoms. The lowest BCUT2D eigenvalue weighted by atomic mass is 9.49. The number of amides is 2. The molecule has 1 aromatic carbocycles. The molecule has 4 aliphatic carbocycles. The summed E-state index contributed by atoms with van der Waals surface area (Å²) in [7, 11) is 0. The maximum Gasteiger partial charge on any atom is 0.573 e. The van der Waals surface area contributed by atoms with Crippen molar-refractivity contribution < 1.29 is 32.6 Å². The summed E-state index contributed by atoms with van der Waals surface area (Å²) in [6.45, 7) is -0.292. The summed E-state index contributed by atoms with van der Waals surface area (Å²) < 4.78 is 40.4. The van der Waals surface area contributed by atoms with Crippen LogP contribution in [-0.2, 0) is 9.59 Å². The number of rotatable bonds is 8. The third-order valence-corrected chi connectivity index (χ3v) is 7.14. The summed E-state index contributed by atoms with van der Waals surface area (Å²) >= 11 is 0. The van der Waals surface area contributed by atoms with Crippen LogP contribution in [0.3, 0.4) is 0 Å². The molecule has 4 fully saturated rings. The molecule has 0 aliphatic heterocycles. The van der Waals surface area contributed by atoms with Gasteiger partial charge in [0.15, 0.2) is 0 Å². The fraction of sp³-hybridized carbons (Fsp3) is 0.652. The SMILES string of the molecule is O=C(CNC(=O)CC12CC3CC(CC(C3)C1)C2)NCC(O)c1ccc(OC(F)(F)F)cc1. The molecule has 176 valence electrons.